The molecule has 1 aliphatic rings. The lowest BCUT2D eigenvalue weighted by atomic mass is 10.1. The molecule has 1 aromatic rings. The van der Waals surface area contributed by atoms with Gasteiger partial charge >= 0.3 is 5.97 Å². The van der Waals surface area contributed by atoms with E-state index in [2.05, 4.69) is 0 Å². The van der Waals surface area contributed by atoms with Crippen LogP contribution in [0.3, 0.4) is 0 Å². The molecule has 0 amide bonds. The summed E-state index contributed by atoms with van der Waals surface area (Å²) in [6.45, 7) is 0. The van der Waals surface area contributed by atoms with E-state index in [0.29, 0.717) is 5.56 Å². The van der Waals surface area contributed by atoms with Gasteiger partial charge in [-0.05, 0) is 24.3 Å². The van der Waals surface area contributed by atoms with Gasteiger partial charge in [0.05, 0.1) is 11.5 Å². The Morgan fingerprint density at radius 2 is 1.89 bits per heavy atom. The second-order valence-electron chi connectivity index (χ2n) is 3.69. The summed E-state index contributed by atoms with van der Waals surface area (Å²) in [7, 11) is 0. The number of esters is 1. The molecule has 18 heavy (non-hydrogen) atoms. The van der Waals surface area contributed by atoms with E-state index >= 15 is 0 Å². The van der Waals surface area contributed by atoms with Crippen molar-refractivity contribution in [1.82, 2.24) is 0 Å². The molecular formula is C12H7Cl2FO3. The molecule has 0 spiro atoms. The molecule has 0 saturated carbocycles. The molecule has 0 fully saturated rings. The van der Waals surface area contributed by atoms with E-state index in [9.17, 15) is 14.0 Å². The smallest absolute Gasteiger partial charge is 0.351 e. The summed E-state index contributed by atoms with van der Waals surface area (Å²) in [6, 6.07) is 5.07. The summed E-state index contributed by atoms with van der Waals surface area (Å²) in [5.41, 5.74) is 0.319. The normalized spacial score (nSPS) is 19.1. The number of rotatable bonds is 3. The Balaban J connectivity index is 2.09. The maximum Gasteiger partial charge on any atom is 0.351 e. The summed E-state index contributed by atoms with van der Waals surface area (Å²) in [5, 5.41) is -0.175. The molecule has 0 unspecified atom stereocenters. The van der Waals surface area contributed by atoms with Crippen LogP contribution in [0.4, 0.5) is 4.39 Å². The fourth-order valence-corrected chi connectivity index (χ4v) is 1.89. The maximum atomic E-state index is 12.7. The fraction of sp³-hybridized carbons (Fsp3) is 0.167. The molecule has 0 radical (unpaired) electrons. The van der Waals surface area contributed by atoms with E-state index in [1.807, 2.05) is 0 Å². The monoisotopic (exact) mass is 288 g/mol. The Hall–Kier alpha value is -1.39. The first-order valence-corrected chi connectivity index (χ1v) is 5.79. The van der Waals surface area contributed by atoms with Gasteiger partial charge in [-0.2, -0.15) is 0 Å². The van der Waals surface area contributed by atoms with Gasteiger partial charge in [0.25, 0.3) is 0 Å². The van der Waals surface area contributed by atoms with Crippen molar-refractivity contribution in [2.24, 2.45) is 0 Å². The van der Waals surface area contributed by atoms with Crippen LogP contribution in [0.15, 0.2) is 34.3 Å². The Morgan fingerprint density at radius 3 is 2.39 bits per heavy atom. The van der Waals surface area contributed by atoms with Crippen LogP contribution in [-0.2, 0) is 9.53 Å². The fourth-order valence-electron chi connectivity index (χ4n) is 1.52. The number of carbonyl (C=O) groups is 2. The number of cyclic esters (lactones) is 1. The van der Waals surface area contributed by atoms with E-state index < -0.39 is 17.9 Å². The lowest BCUT2D eigenvalue weighted by Crippen LogP contribution is -2.15. The van der Waals surface area contributed by atoms with Crippen molar-refractivity contribution in [2.75, 3.05) is 0 Å². The van der Waals surface area contributed by atoms with Crippen LogP contribution in [0.2, 0.25) is 0 Å². The van der Waals surface area contributed by atoms with Gasteiger partial charge in [0, 0.05) is 5.56 Å². The highest BCUT2D eigenvalue weighted by atomic mass is 35.5. The highest BCUT2D eigenvalue weighted by molar-refractivity contribution is 6.48. The van der Waals surface area contributed by atoms with Crippen LogP contribution >= 0.6 is 23.2 Å². The largest absolute Gasteiger partial charge is 0.452 e. The molecule has 0 aromatic heterocycles. The second-order valence-corrected chi connectivity index (χ2v) is 4.48. The van der Waals surface area contributed by atoms with E-state index in [-0.39, 0.29) is 22.3 Å². The topological polar surface area (TPSA) is 43.4 Å². The third-order valence-corrected chi connectivity index (χ3v) is 3.34. The average molecular weight is 289 g/mol. The Kier molecular flexibility index (Phi) is 3.68. The van der Waals surface area contributed by atoms with Crippen molar-refractivity contribution in [3.8, 4) is 0 Å². The standard InChI is InChI=1S/C12H7Cl2FO3/c13-10-9(18-12(17)11(10)14)5-8(16)6-1-3-7(15)4-2-6/h1-4,9H,5H2/t9-/m0/s1. The Bertz CT molecular complexity index is 537. The van der Waals surface area contributed by atoms with Crippen molar-refractivity contribution < 1.29 is 18.7 Å². The number of Topliss-reactive ketones (excluding diaryl/α,β-unsaturated/α-hetero) is 1. The van der Waals surface area contributed by atoms with Crippen LogP contribution in [0.25, 0.3) is 0 Å². The molecule has 2 rings (SSSR count). The van der Waals surface area contributed by atoms with E-state index in [1.165, 1.54) is 24.3 Å². The summed E-state index contributed by atoms with van der Waals surface area (Å²) in [6.07, 6.45) is -0.976. The summed E-state index contributed by atoms with van der Waals surface area (Å²) in [4.78, 5) is 22.9. The second kappa shape index (κ2) is 5.08. The first-order chi connectivity index (χ1) is 8.49. The molecule has 1 aliphatic heterocycles. The minimum Gasteiger partial charge on any atom is -0.452 e. The van der Waals surface area contributed by atoms with Crippen LogP contribution in [0.5, 0.6) is 0 Å². The van der Waals surface area contributed by atoms with Crippen molar-refractivity contribution in [3.63, 3.8) is 0 Å². The van der Waals surface area contributed by atoms with Crippen molar-refractivity contribution in [2.45, 2.75) is 12.5 Å². The lowest BCUT2D eigenvalue weighted by molar-refractivity contribution is -0.138. The molecular weight excluding hydrogens is 282 g/mol. The van der Waals surface area contributed by atoms with Gasteiger partial charge in [-0.1, -0.05) is 23.2 Å². The third-order valence-electron chi connectivity index (χ3n) is 2.46. The quantitative estimate of drug-likeness (QED) is 0.634. The molecule has 0 aliphatic carbocycles. The summed E-state index contributed by atoms with van der Waals surface area (Å²) >= 11 is 11.3. The van der Waals surface area contributed by atoms with E-state index in [0.717, 1.165) is 0 Å². The van der Waals surface area contributed by atoms with E-state index in [1.54, 1.807) is 0 Å². The van der Waals surface area contributed by atoms with Gasteiger partial charge in [0.1, 0.15) is 17.0 Å². The molecule has 0 saturated heterocycles. The zero-order chi connectivity index (χ0) is 13.3. The predicted molar refractivity (Wildman–Crippen MR) is 64.0 cm³/mol. The molecule has 94 valence electrons. The van der Waals surface area contributed by atoms with Crippen LogP contribution in [-0.4, -0.2) is 17.9 Å². The maximum absolute atomic E-state index is 12.7. The number of benzene rings is 1. The van der Waals surface area contributed by atoms with E-state index in [4.69, 9.17) is 27.9 Å². The third kappa shape index (κ3) is 2.54. The molecule has 1 aromatic carbocycles. The van der Waals surface area contributed by atoms with Crippen molar-refractivity contribution in [1.29, 1.82) is 0 Å². The van der Waals surface area contributed by atoms with Crippen LogP contribution in [0, 0.1) is 5.82 Å². The number of hydrogen-bond donors (Lipinski definition) is 0. The first-order valence-electron chi connectivity index (χ1n) is 5.04. The lowest BCUT2D eigenvalue weighted by Gasteiger charge is -2.09. The number of carbonyl (C=O) groups excluding carboxylic acids is 2. The van der Waals surface area contributed by atoms with Gasteiger partial charge in [-0.3, -0.25) is 4.79 Å². The molecule has 6 heteroatoms. The van der Waals surface area contributed by atoms with Gasteiger partial charge in [0.2, 0.25) is 0 Å². The minimum atomic E-state index is -0.857. The first kappa shape index (κ1) is 13.1. The van der Waals surface area contributed by atoms with Crippen molar-refractivity contribution >= 4 is 35.0 Å². The number of hydrogen-bond acceptors (Lipinski definition) is 3. The minimum absolute atomic E-state index is 0.0251. The highest BCUT2D eigenvalue weighted by Gasteiger charge is 2.33. The van der Waals surface area contributed by atoms with Gasteiger partial charge in [-0.15, -0.1) is 0 Å². The molecule has 0 N–H and O–H groups in total. The molecule has 3 nitrogen and oxygen atoms in total. The van der Waals surface area contributed by atoms with Gasteiger partial charge in [-0.25, -0.2) is 9.18 Å². The van der Waals surface area contributed by atoms with Crippen molar-refractivity contribution in [3.05, 3.63) is 45.7 Å². The number of halogens is 3. The zero-order valence-corrected chi connectivity index (χ0v) is 10.5. The molecule has 1 atom stereocenters. The molecule has 0 bridgehead atoms. The predicted octanol–water partition coefficient (Wildman–Crippen LogP) is 3.01. The van der Waals surface area contributed by atoms with Crippen LogP contribution in [0.1, 0.15) is 16.8 Å². The summed E-state index contributed by atoms with van der Waals surface area (Å²) in [5.74, 6) is -1.48. The number of ketones is 1. The Morgan fingerprint density at radius 1 is 1.28 bits per heavy atom. The average Bonchev–Trinajstić information content (AvgIpc) is 2.58. The number of ether oxygens (including phenoxy) is 1. The van der Waals surface area contributed by atoms with Crippen LogP contribution < -0.4 is 0 Å². The Labute approximate surface area is 112 Å². The van der Waals surface area contributed by atoms with Gasteiger partial charge < -0.3 is 4.74 Å². The highest BCUT2D eigenvalue weighted by Crippen LogP contribution is 2.31. The van der Waals surface area contributed by atoms with Gasteiger partial charge in [0.15, 0.2) is 5.78 Å². The SMILES string of the molecule is O=C1O[C@@H](CC(=O)c2ccc(F)cc2)C(Cl)=C1Cl. The zero-order valence-electron chi connectivity index (χ0n) is 8.95. The summed E-state index contributed by atoms with van der Waals surface area (Å²) < 4.78 is 17.5. The molecule has 1 heterocycles.